The highest BCUT2D eigenvalue weighted by Gasteiger charge is 2.32. The van der Waals surface area contributed by atoms with Crippen molar-refractivity contribution in [2.24, 2.45) is 5.92 Å². The third-order valence-corrected chi connectivity index (χ3v) is 6.76. The molecule has 1 aliphatic heterocycles. The fraction of sp³-hybridized carbons (Fsp3) is 0.500. The van der Waals surface area contributed by atoms with Crippen LogP contribution in [-0.4, -0.2) is 34.2 Å². The van der Waals surface area contributed by atoms with Crippen LogP contribution in [0.3, 0.4) is 0 Å². The van der Waals surface area contributed by atoms with Crippen LogP contribution in [0.2, 0.25) is 0 Å². The largest absolute Gasteiger partial charge is 0.261 e. The summed E-state index contributed by atoms with van der Waals surface area (Å²) in [6.07, 6.45) is 1.77. The molecule has 1 aliphatic rings. The lowest BCUT2D eigenvalue weighted by Gasteiger charge is -2.16. The minimum Gasteiger partial charge on any atom is -0.207 e. The molecule has 0 aliphatic carbocycles. The van der Waals surface area contributed by atoms with Gasteiger partial charge in [0.05, 0.1) is 9.79 Å². The SMILES string of the molecule is CCC1CCN(S(=O)(=O)c2cccc(S(=O)(=O)Cl)c2)C1. The Morgan fingerprint density at radius 2 is 1.90 bits per heavy atom. The van der Waals surface area contributed by atoms with Crippen molar-refractivity contribution in [3.63, 3.8) is 0 Å². The van der Waals surface area contributed by atoms with Crippen LogP contribution in [0, 0.1) is 5.92 Å². The monoisotopic (exact) mass is 337 g/mol. The van der Waals surface area contributed by atoms with Crippen molar-refractivity contribution in [3.05, 3.63) is 24.3 Å². The van der Waals surface area contributed by atoms with Gasteiger partial charge in [-0.05, 0) is 30.5 Å². The summed E-state index contributed by atoms with van der Waals surface area (Å²) in [7, 11) is -2.34. The van der Waals surface area contributed by atoms with E-state index < -0.39 is 19.1 Å². The standard InChI is InChI=1S/C12H16ClNO4S2/c1-2-10-6-7-14(9-10)20(17,18)12-5-3-4-11(8-12)19(13,15)16/h3-5,8,10H,2,6-7,9H2,1H3. The quantitative estimate of drug-likeness (QED) is 0.788. The number of rotatable bonds is 4. The van der Waals surface area contributed by atoms with Crippen LogP contribution in [0.1, 0.15) is 19.8 Å². The van der Waals surface area contributed by atoms with E-state index in [1.54, 1.807) is 0 Å². The van der Waals surface area contributed by atoms with Gasteiger partial charge in [-0.25, -0.2) is 16.8 Å². The molecule has 8 heteroatoms. The predicted molar refractivity (Wildman–Crippen MR) is 76.6 cm³/mol. The molecule has 0 amide bonds. The number of benzene rings is 1. The molecule has 112 valence electrons. The number of halogens is 1. The van der Waals surface area contributed by atoms with Crippen LogP contribution in [0.5, 0.6) is 0 Å². The maximum atomic E-state index is 12.5. The Labute approximate surface area is 124 Å². The molecule has 1 aromatic carbocycles. The van der Waals surface area contributed by atoms with Crippen molar-refractivity contribution < 1.29 is 16.8 Å². The number of hydrogen-bond acceptors (Lipinski definition) is 4. The second kappa shape index (κ2) is 5.63. The van der Waals surface area contributed by atoms with Crippen molar-refractivity contribution >= 4 is 29.8 Å². The molecule has 2 rings (SSSR count). The van der Waals surface area contributed by atoms with Gasteiger partial charge in [-0.15, -0.1) is 0 Å². The lowest BCUT2D eigenvalue weighted by Crippen LogP contribution is -2.28. The summed E-state index contributed by atoms with van der Waals surface area (Å²) in [5.74, 6) is 0.365. The molecule has 0 saturated carbocycles. The van der Waals surface area contributed by atoms with Gasteiger partial charge in [0, 0.05) is 23.8 Å². The van der Waals surface area contributed by atoms with Gasteiger partial charge < -0.3 is 0 Å². The van der Waals surface area contributed by atoms with E-state index in [4.69, 9.17) is 10.7 Å². The summed E-state index contributed by atoms with van der Waals surface area (Å²) >= 11 is 0. The first-order valence-electron chi connectivity index (χ1n) is 6.30. The van der Waals surface area contributed by atoms with E-state index in [-0.39, 0.29) is 9.79 Å². The van der Waals surface area contributed by atoms with Crippen molar-refractivity contribution in [2.75, 3.05) is 13.1 Å². The number of hydrogen-bond donors (Lipinski definition) is 0. The molecule has 1 unspecified atom stereocenters. The van der Waals surface area contributed by atoms with Crippen LogP contribution in [0.4, 0.5) is 0 Å². The average Bonchev–Trinajstić information content (AvgIpc) is 2.87. The molecule has 0 N–H and O–H groups in total. The molecule has 1 atom stereocenters. The number of sulfonamides is 1. The summed E-state index contributed by atoms with van der Waals surface area (Å²) in [6.45, 7) is 2.98. The molecular weight excluding hydrogens is 322 g/mol. The molecule has 0 bridgehead atoms. The summed E-state index contributed by atoms with van der Waals surface area (Å²) < 4.78 is 48.9. The van der Waals surface area contributed by atoms with E-state index in [1.165, 1.54) is 22.5 Å². The lowest BCUT2D eigenvalue weighted by molar-refractivity contribution is 0.453. The zero-order valence-electron chi connectivity index (χ0n) is 11.0. The maximum absolute atomic E-state index is 12.5. The van der Waals surface area contributed by atoms with Crippen LogP contribution in [0.15, 0.2) is 34.1 Å². The Bertz CT molecular complexity index is 700. The van der Waals surface area contributed by atoms with Gasteiger partial charge in [-0.2, -0.15) is 4.31 Å². The normalized spacial score (nSPS) is 21.2. The molecule has 1 aromatic rings. The van der Waals surface area contributed by atoms with E-state index in [0.717, 1.165) is 18.9 Å². The van der Waals surface area contributed by atoms with Crippen molar-refractivity contribution in [1.29, 1.82) is 0 Å². The Hall–Kier alpha value is -0.630. The molecule has 0 spiro atoms. The Kier molecular flexibility index (Phi) is 4.44. The fourth-order valence-corrected chi connectivity index (χ4v) is 4.73. The first-order chi connectivity index (χ1) is 9.25. The Morgan fingerprint density at radius 1 is 1.25 bits per heavy atom. The van der Waals surface area contributed by atoms with Crippen LogP contribution >= 0.6 is 10.7 Å². The molecule has 0 radical (unpaired) electrons. The molecule has 1 fully saturated rings. The summed E-state index contributed by atoms with van der Waals surface area (Å²) in [5, 5.41) is 0. The third kappa shape index (κ3) is 3.16. The fourth-order valence-electron chi connectivity index (χ4n) is 2.28. The van der Waals surface area contributed by atoms with Gasteiger partial charge in [-0.1, -0.05) is 19.4 Å². The minimum atomic E-state index is -3.94. The van der Waals surface area contributed by atoms with Gasteiger partial charge in [-0.3, -0.25) is 0 Å². The van der Waals surface area contributed by atoms with Crippen molar-refractivity contribution in [1.82, 2.24) is 4.31 Å². The van der Waals surface area contributed by atoms with E-state index in [0.29, 0.717) is 19.0 Å². The third-order valence-electron chi connectivity index (χ3n) is 3.55. The lowest BCUT2D eigenvalue weighted by atomic mass is 10.1. The van der Waals surface area contributed by atoms with Gasteiger partial charge in [0.25, 0.3) is 9.05 Å². The van der Waals surface area contributed by atoms with Crippen LogP contribution in [0.25, 0.3) is 0 Å². The minimum absolute atomic E-state index is 0.0315. The van der Waals surface area contributed by atoms with Gasteiger partial charge >= 0.3 is 0 Å². The average molecular weight is 338 g/mol. The van der Waals surface area contributed by atoms with Gasteiger partial charge in [0.2, 0.25) is 10.0 Å². The smallest absolute Gasteiger partial charge is 0.207 e. The predicted octanol–water partition coefficient (Wildman–Crippen LogP) is 2.03. The topological polar surface area (TPSA) is 71.5 Å². The molecule has 0 aromatic heterocycles. The second-order valence-corrected chi connectivity index (χ2v) is 9.34. The van der Waals surface area contributed by atoms with Gasteiger partial charge in [0.1, 0.15) is 0 Å². The molecular formula is C12H16ClNO4S2. The first-order valence-corrected chi connectivity index (χ1v) is 10.0. The van der Waals surface area contributed by atoms with Crippen LogP contribution in [-0.2, 0) is 19.1 Å². The highest BCUT2D eigenvalue weighted by molar-refractivity contribution is 8.13. The highest BCUT2D eigenvalue weighted by Crippen LogP contribution is 2.27. The first kappa shape index (κ1) is 15.8. The summed E-state index contributed by atoms with van der Waals surface area (Å²) in [5.41, 5.74) is 0. The van der Waals surface area contributed by atoms with Crippen molar-refractivity contribution in [2.45, 2.75) is 29.6 Å². The van der Waals surface area contributed by atoms with E-state index in [1.807, 2.05) is 6.92 Å². The van der Waals surface area contributed by atoms with E-state index >= 15 is 0 Å². The zero-order valence-corrected chi connectivity index (χ0v) is 13.4. The van der Waals surface area contributed by atoms with E-state index in [9.17, 15) is 16.8 Å². The molecule has 5 nitrogen and oxygen atoms in total. The zero-order chi connectivity index (χ0) is 15.0. The summed E-state index contributed by atoms with van der Waals surface area (Å²) in [6, 6.07) is 5.16. The van der Waals surface area contributed by atoms with Crippen LogP contribution < -0.4 is 0 Å². The highest BCUT2D eigenvalue weighted by atomic mass is 35.7. The summed E-state index contributed by atoms with van der Waals surface area (Å²) in [4.78, 5) is -0.234. The molecule has 1 heterocycles. The molecule has 1 saturated heterocycles. The maximum Gasteiger partial charge on any atom is 0.261 e. The molecule has 20 heavy (non-hydrogen) atoms. The number of nitrogens with zero attached hydrogens (tertiary/aromatic N) is 1. The van der Waals surface area contributed by atoms with E-state index in [2.05, 4.69) is 0 Å². The second-order valence-electron chi connectivity index (χ2n) is 4.84. The van der Waals surface area contributed by atoms with Crippen molar-refractivity contribution in [3.8, 4) is 0 Å². The Balaban J connectivity index is 2.36. The van der Waals surface area contributed by atoms with Gasteiger partial charge in [0.15, 0.2) is 0 Å². The Morgan fingerprint density at radius 3 is 2.45 bits per heavy atom.